The maximum absolute atomic E-state index is 11.9. The summed E-state index contributed by atoms with van der Waals surface area (Å²) in [6.07, 6.45) is 0.318. The summed E-state index contributed by atoms with van der Waals surface area (Å²) in [6.45, 7) is 0. The molecule has 1 aromatic rings. The summed E-state index contributed by atoms with van der Waals surface area (Å²) in [5, 5.41) is 2.22. The number of carbonyl (C=O) groups excluding carboxylic acids is 3. The lowest BCUT2D eigenvalue weighted by atomic mass is 9.93. The van der Waals surface area contributed by atoms with Gasteiger partial charge in [0.15, 0.2) is 5.78 Å². The van der Waals surface area contributed by atoms with Crippen molar-refractivity contribution in [3.8, 4) is 0 Å². The number of allylic oxidation sites excluding steroid dienone is 2. The van der Waals surface area contributed by atoms with Crippen LogP contribution in [0.2, 0.25) is 0 Å². The number of amides is 1. The fraction of sp³-hybridized carbons (Fsp3) is 0.0833. The summed E-state index contributed by atoms with van der Waals surface area (Å²) in [7, 11) is 1.18. The summed E-state index contributed by atoms with van der Waals surface area (Å²) >= 11 is 0. The van der Waals surface area contributed by atoms with Gasteiger partial charge in [-0.25, -0.2) is 4.79 Å². The van der Waals surface area contributed by atoms with Gasteiger partial charge in [-0.1, -0.05) is 24.3 Å². The number of rotatable bonds is 1. The number of ether oxygens (including phenoxy) is 1. The molecule has 0 aliphatic heterocycles. The molecule has 1 aliphatic carbocycles. The molecule has 1 aliphatic rings. The Hall–Kier alpha value is -2.43. The monoisotopic (exact) mass is 231 g/mol. The number of alkyl carbamates (subject to hydrolysis) is 1. The molecule has 1 aromatic carbocycles. The Morgan fingerprint density at radius 1 is 1.18 bits per heavy atom. The highest BCUT2D eigenvalue weighted by atomic mass is 16.5. The van der Waals surface area contributed by atoms with Crippen LogP contribution in [0, 0.1) is 0 Å². The predicted octanol–water partition coefficient (Wildman–Crippen LogP) is 1.31. The summed E-state index contributed by atoms with van der Waals surface area (Å²) in [4.78, 5) is 34.6. The zero-order valence-corrected chi connectivity index (χ0v) is 9.02. The Labute approximate surface area is 97.1 Å². The van der Waals surface area contributed by atoms with Crippen LogP contribution in [-0.4, -0.2) is 24.8 Å². The molecule has 1 amide bonds. The number of hydrogen-bond acceptors (Lipinski definition) is 4. The van der Waals surface area contributed by atoms with E-state index in [4.69, 9.17) is 0 Å². The van der Waals surface area contributed by atoms with Crippen LogP contribution in [0.1, 0.15) is 20.7 Å². The number of ketones is 2. The zero-order valence-electron chi connectivity index (χ0n) is 9.02. The lowest BCUT2D eigenvalue weighted by Crippen LogP contribution is -2.31. The van der Waals surface area contributed by atoms with Gasteiger partial charge in [-0.2, -0.15) is 0 Å². The number of fused-ring (bicyclic) bond motifs is 1. The van der Waals surface area contributed by atoms with E-state index >= 15 is 0 Å². The predicted molar refractivity (Wildman–Crippen MR) is 58.7 cm³/mol. The summed E-state index contributed by atoms with van der Waals surface area (Å²) in [6, 6.07) is 6.45. The number of carbonyl (C=O) groups is 3. The summed E-state index contributed by atoms with van der Waals surface area (Å²) < 4.78 is 4.37. The molecule has 0 bridgehead atoms. The van der Waals surface area contributed by atoms with Gasteiger partial charge < -0.3 is 4.74 Å². The zero-order chi connectivity index (χ0) is 12.4. The minimum absolute atomic E-state index is 0.0689. The molecule has 0 heterocycles. The Kier molecular flexibility index (Phi) is 2.74. The van der Waals surface area contributed by atoms with Crippen molar-refractivity contribution in [2.45, 2.75) is 0 Å². The number of Topliss-reactive ketones (excluding diaryl/α,β-unsaturated/α-hetero) is 1. The van der Waals surface area contributed by atoms with Crippen LogP contribution in [0.25, 0.3) is 0 Å². The molecular formula is C12H9NO4. The second-order valence-electron chi connectivity index (χ2n) is 3.41. The van der Waals surface area contributed by atoms with Crippen molar-refractivity contribution in [1.82, 2.24) is 5.32 Å². The lowest BCUT2D eigenvalue weighted by Gasteiger charge is -2.14. The highest BCUT2D eigenvalue weighted by molar-refractivity contribution is 6.24. The smallest absolute Gasteiger partial charge is 0.411 e. The Balaban J connectivity index is 2.38. The molecule has 1 N–H and O–H groups in total. The molecule has 0 fully saturated rings. The van der Waals surface area contributed by atoms with Crippen LogP contribution in [0.15, 0.2) is 36.0 Å². The highest BCUT2D eigenvalue weighted by Crippen LogP contribution is 2.19. The van der Waals surface area contributed by atoms with Gasteiger partial charge in [-0.3, -0.25) is 14.9 Å². The number of benzene rings is 1. The van der Waals surface area contributed by atoms with Crippen molar-refractivity contribution in [2.75, 3.05) is 7.11 Å². The maximum atomic E-state index is 11.9. The van der Waals surface area contributed by atoms with E-state index in [-0.39, 0.29) is 17.0 Å². The quantitative estimate of drug-likeness (QED) is 0.790. The molecule has 0 saturated heterocycles. The maximum Gasteiger partial charge on any atom is 0.411 e. The van der Waals surface area contributed by atoms with Crippen LogP contribution >= 0.6 is 0 Å². The largest absolute Gasteiger partial charge is 0.453 e. The first-order chi connectivity index (χ1) is 8.13. The fourth-order valence-electron chi connectivity index (χ4n) is 1.57. The van der Waals surface area contributed by atoms with Crippen LogP contribution in [0.3, 0.4) is 0 Å². The summed E-state index contributed by atoms with van der Waals surface area (Å²) in [5.74, 6) is -0.711. The standard InChI is InChI=1S/C12H9NO4/c1-17-12(16)13-9-6-10(14)7-4-2-3-5-8(7)11(9)15/h2-6H,1H3,(H,13,16). The molecule has 0 aromatic heterocycles. The number of hydrogen-bond donors (Lipinski definition) is 1. The molecule has 5 heteroatoms. The molecule has 2 rings (SSSR count). The molecule has 0 radical (unpaired) electrons. The molecule has 17 heavy (non-hydrogen) atoms. The van der Waals surface area contributed by atoms with E-state index in [2.05, 4.69) is 10.1 Å². The van der Waals surface area contributed by atoms with Crippen LogP contribution in [0.5, 0.6) is 0 Å². The van der Waals surface area contributed by atoms with Crippen molar-refractivity contribution in [1.29, 1.82) is 0 Å². The molecule has 0 unspecified atom stereocenters. The SMILES string of the molecule is COC(=O)NC1=CC(=O)c2ccccc2C1=O. The van der Waals surface area contributed by atoms with E-state index in [1.165, 1.54) is 7.11 Å². The molecule has 86 valence electrons. The van der Waals surface area contributed by atoms with Crippen LogP contribution in [-0.2, 0) is 4.74 Å². The molecule has 0 atom stereocenters. The average Bonchev–Trinajstić information content (AvgIpc) is 2.35. The van der Waals surface area contributed by atoms with E-state index < -0.39 is 11.9 Å². The first-order valence-electron chi connectivity index (χ1n) is 4.88. The van der Waals surface area contributed by atoms with E-state index in [1.807, 2.05) is 0 Å². The van der Waals surface area contributed by atoms with Crippen molar-refractivity contribution in [2.24, 2.45) is 0 Å². The van der Waals surface area contributed by atoms with E-state index in [0.717, 1.165) is 6.08 Å². The normalized spacial score (nSPS) is 13.8. The Bertz CT molecular complexity index is 545. The van der Waals surface area contributed by atoms with Gasteiger partial charge in [-0.05, 0) is 0 Å². The third-order valence-corrected chi connectivity index (χ3v) is 2.38. The fourth-order valence-corrected chi connectivity index (χ4v) is 1.57. The third kappa shape index (κ3) is 1.94. The third-order valence-electron chi connectivity index (χ3n) is 2.38. The molecule has 0 spiro atoms. The van der Waals surface area contributed by atoms with Gasteiger partial charge in [0.1, 0.15) is 0 Å². The van der Waals surface area contributed by atoms with Crippen molar-refractivity contribution in [3.05, 3.63) is 47.2 Å². The topological polar surface area (TPSA) is 72.5 Å². The minimum atomic E-state index is -0.781. The van der Waals surface area contributed by atoms with E-state index in [0.29, 0.717) is 5.56 Å². The summed E-state index contributed by atoms with van der Waals surface area (Å²) in [5.41, 5.74) is 0.555. The second kappa shape index (κ2) is 4.21. The van der Waals surface area contributed by atoms with Crippen molar-refractivity contribution < 1.29 is 19.1 Å². The minimum Gasteiger partial charge on any atom is -0.453 e. The van der Waals surface area contributed by atoms with Gasteiger partial charge in [0.2, 0.25) is 5.78 Å². The Morgan fingerprint density at radius 3 is 2.47 bits per heavy atom. The van der Waals surface area contributed by atoms with Crippen LogP contribution in [0.4, 0.5) is 4.79 Å². The van der Waals surface area contributed by atoms with Gasteiger partial charge in [0, 0.05) is 17.2 Å². The average molecular weight is 231 g/mol. The van der Waals surface area contributed by atoms with Gasteiger partial charge in [-0.15, -0.1) is 0 Å². The van der Waals surface area contributed by atoms with Crippen molar-refractivity contribution >= 4 is 17.7 Å². The van der Waals surface area contributed by atoms with Crippen molar-refractivity contribution in [3.63, 3.8) is 0 Å². The molecular weight excluding hydrogens is 222 g/mol. The molecule has 5 nitrogen and oxygen atoms in total. The first kappa shape index (κ1) is 11.1. The second-order valence-corrected chi connectivity index (χ2v) is 3.41. The van der Waals surface area contributed by atoms with E-state index in [1.54, 1.807) is 24.3 Å². The molecule has 0 saturated carbocycles. The first-order valence-corrected chi connectivity index (χ1v) is 4.88. The van der Waals surface area contributed by atoms with Crippen LogP contribution < -0.4 is 5.32 Å². The van der Waals surface area contributed by atoms with Gasteiger partial charge in [0.25, 0.3) is 0 Å². The lowest BCUT2D eigenvalue weighted by molar-refractivity contribution is 0.0975. The van der Waals surface area contributed by atoms with E-state index in [9.17, 15) is 14.4 Å². The Morgan fingerprint density at radius 2 is 1.82 bits per heavy atom. The number of nitrogens with one attached hydrogen (secondary N) is 1. The highest BCUT2D eigenvalue weighted by Gasteiger charge is 2.26. The van der Waals surface area contributed by atoms with Gasteiger partial charge in [0.05, 0.1) is 12.8 Å². The van der Waals surface area contributed by atoms with Gasteiger partial charge >= 0.3 is 6.09 Å². The number of methoxy groups -OCH3 is 1.